The first kappa shape index (κ1) is 11.8. The number of hydrogen-bond donors (Lipinski definition) is 1. The molecule has 0 unspecified atom stereocenters. The largest absolute Gasteiger partial charge is 0.416 e. The van der Waals surface area contributed by atoms with Crippen molar-refractivity contribution in [1.29, 1.82) is 0 Å². The molecule has 0 spiro atoms. The molecule has 0 aliphatic rings. The molecule has 1 aromatic carbocycles. The molecule has 2 rings (SSSR count). The molecule has 2 aromatic rings. The van der Waals surface area contributed by atoms with E-state index in [1.807, 2.05) is 0 Å². The number of anilines is 1. The number of thiazole rings is 1. The van der Waals surface area contributed by atoms with Crippen LogP contribution in [0.25, 0.3) is 11.3 Å². The summed E-state index contributed by atoms with van der Waals surface area (Å²) in [5.74, 6) is -0.967. The van der Waals surface area contributed by atoms with E-state index in [4.69, 9.17) is 5.73 Å². The molecule has 90 valence electrons. The van der Waals surface area contributed by atoms with Crippen molar-refractivity contribution in [3.8, 4) is 11.3 Å². The molecule has 1 heterocycles. The molecule has 0 atom stereocenters. The summed E-state index contributed by atoms with van der Waals surface area (Å²) in [6.45, 7) is 0. The lowest BCUT2D eigenvalue weighted by Crippen LogP contribution is -2.05. The zero-order valence-corrected chi connectivity index (χ0v) is 9.07. The molecule has 17 heavy (non-hydrogen) atoms. The third-order valence-electron chi connectivity index (χ3n) is 2.09. The summed E-state index contributed by atoms with van der Waals surface area (Å²) >= 11 is 1.10. The Morgan fingerprint density at radius 2 is 1.94 bits per heavy atom. The van der Waals surface area contributed by atoms with E-state index in [1.54, 1.807) is 0 Å². The Morgan fingerprint density at radius 3 is 2.41 bits per heavy atom. The van der Waals surface area contributed by atoms with E-state index in [0.29, 0.717) is 6.07 Å². The minimum absolute atomic E-state index is 0.00551. The third kappa shape index (κ3) is 2.38. The molecule has 2 N–H and O–H groups in total. The number of alkyl halides is 3. The number of halogens is 4. The fourth-order valence-electron chi connectivity index (χ4n) is 1.31. The van der Waals surface area contributed by atoms with Gasteiger partial charge in [-0.3, -0.25) is 0 Å². The number of aromatic nitrogens is 1. The molecule has 0 saturated carbocycles. The van der Waals surface area contributed by atoms with Crippen LogP contribution < -0.4 is 5.73 Å². The van der Waals surface area contributed by atoms with Crippen LogP contribution >= 0.6 is 11.3 Å². The molecule has 7 heteroatoms. The van der Waals surface area contributed by atoms with Crippen LogP contribution in [0.15, 0.2) is 23.6 Å². The van der Waals surface area contributed by atoms with E-state index in [0.717, 1.165) is 23.5 Å². The molecular weight excluding hydrogens is 256 g/mol. The molecule has 2 nitrogen and oxygen atoms in total. The average Bonchev–Trinajstić information content (AvgIpc) is 2.63. The zero-order chi connectivity index (χ0) is 12.6. The van der Waals surface area contributed by atoms with Crippen LogP contribution in [0.1, 0.15) is 5.56 Å². The second kappa shape index (κ2) is 3.99. The van der Waals surface area contributed by atoms with Crippen LogP contribution in [0, 0.1) is 5.82 Å². The van der Waals surface area contributed by atoms with Gasteiger partial charge in [0.05, 0.1) is 11.3 Å². The smallest absolute Gasteiger partial charge is 0.375 e. The lowest BCUT2D eigenvalue weighted by Gasteiger charge is -2.07. The van der Waals surface area contributed by atoms with Crippen LogP contribution in [0.3, 0.4) is 0 Å². The van der Waals surface area contributed by atoms with E-state index in [9.17, 15) is 17.6 Å². The standard InChI is InChI=1S/C10H6F4N2S/c11-7-3-5(10(12,13)14)1-2-6(7)8-4-17-9(15)16-8/h1-4H,(H2,15,16). The minimum atomic E-state index is -4.56. The fraction of sp³-hybridized carbons (Fsp3) is 0.100. The van der Waals surface area contributed by atoms with Gasteiger partial charge in [-0.25, -0.2) is 9.37 Å². The van der Waals surface area contributed by atoms with Gasteiger partial charge in [0.25, 0.3) is 0 Å². The second-order valence-electron chi connectivity index (χ2n) is 3.26. The van der Waals surface area contributed by atoms with Gasteiger partial charge in [0, 0.05) is 10.9 Å². The Hall–Kier alpha value is -1.63. The fourth-order valence-corrected chi connectivity index (χ4v) is 1.87. The average molecular weight is 262 g/mol. The molecule has 0 aliphatic heterocycles. The first-order chi connectivity index (χ1) is 7.88. The van der Waals surface area contributed by atoms with Crippen LogP contribution in [-0.2, 0) is 6.18 Å². The number of nitrogen functional groups attached to an aromatic ring is 1. The highest BCUT2D eigenvalue weighted by molar-refractivity contribution is 7.13. The quantitative estimate of drug-likeness (QED) is 0.798. The first-order valence-corrected chi connectivity index (χ1v) is 5.34. The molecule has 0 bridgehead atoms. The zero-order valence-electron chi connectivity index (χ0n) is 8.25. The van der Waals surface area contributed by atoms with Crippen molar-refractivity contribution in [2.24, 2.45) is 0 Å². The summed E-state index contributed by atoms with van der Waals surface area (Å²) in [6.07, 6.45) is -4.56. The highest BCUT2D eigenvalue weighted by Crippen LogP contribution is 2.33. The van der Waals surface area contributed by atoms with Crippen molar-refractivity contribution in [2.45, 2.75) is 6.18 Å². The number of nitrogens with zero attached hydrogens (tertiary/aromatic N) is 1. The number of hydrogen-bond acceptors (Lipinski definition) is 3. The summed E-state index contributed by atoms with van der Waals surface area (Å²) in [5.41, 5.74) is 4.58. The van der Waals surface area contributed by atoms with Crippen LogP contribution in [0.4, 0.5) is 22.7 Å². The first-order valence-electron chi connectivity index (χ1n) is 4.46. The van der Waals surface area contributed by atoms with E-state index in [-0.39, 0.29) is 16.4 Å². The summed E-state index contributed by atoms with van der Waals surface area (Å²) in [6, 6.07) is 2.31. The van der Waals surface area contributed by atoms with Gasteiger partial charge >= 0.3 is 6.18 Å². The van der Waals surface area contributed by atoms with Crippen molar-refractivity contribution in [2.75, 3.05) is 5.73 Å². The highest BCUT2D eigenvalue weighted by atomic mass is 32.1. The molecule has 0 fully saturated rings. The van der Waals surface area contributed by atoms with E-state index in [1.165, 1.54) is 5.38 Å². The van der Waals surface area contributed by atoms with Gasteiger partial charge in [-0.05, 0) is 18.2 Å². The van der Waals surface area contributed by atoms with Crippen LogP contribution in [-0.4, -0.2) is 4.98 Å². The normalized spacial score (nSPS) is 11.8. The predicted molar refractivity (Wildman–Crippen MR) is 56.9 cm³/mol. The number of nitrogens with two attached hydrogens (primary N) is 1. The summed E-state index contributed by atoms with van der Waals surface area (Å²) < 4.78 is 50.4. The van der Waals surface area contributed by atoms with Gasteiger partial charge in [0.15, 0.2) is 5.13 Å². The Bertz CT molecular complexity index is 547. The number of rotatable bonds is 1. The van der Waals surface area contributed by atoms with E-state index in [2.05, 4.69) is 4.98 Å². The SMILES string of the molecule is Nc1nc(-c2ccc(C(F)(F)F)cc2F)cs1. The minimum Gasteiger partial charge on any atom is -0.375 e. The van der Waals surface area contributed by atoms with Crippen molar-refractivity contribution >= 4 is 16.5 Å². The maximum atomic E-state index is 13.5. The Balaban J connectivity index is 2.45. The van der Waals surface area contributed by atoms with Gasteiger partial charge in [-0.15, -0.1) is 11.3 Å². The van der Waals surface area contributed by atoms with Gasteiger partial charge in [-0.1, -0.05) is 0 Å². The summed E-state index contributed by atoms with van der Waals surface area (Å²) in [5, 5.41) is 1.72. The Labute approximate surface area is 97.7 Å². The molecule has 0 radical (unpaired) electrons. The Kier molecular flexibility index (Phi) is 2.78. The lowest BCUT2D eigenvalue weighted by molar-refractivity contribution is -0.137. The van der Waals surface area contributed by atoms with Gasteiger partial charge in [0.2, 0.25) is 0 Å². The second-order valence-corrected chi connectivity index (χ2v) is 4.15. The molecule has 1 aromatic heterocycles. The molecule has 0 aliphatic carbocycles. The van der Waals surface area contributed by atoms with Gasteiger partial charge in [0.1, 0.15) is 5.82 Å². The highest BCUT2D eigenvalue weighted by Gasteiger charge is 2.31. The van der Waals surface area contributed by atoms with Gasteiger partial charge in [-0.2, -0.15) is 13.2 Å². The van der Waals surface area contributed by atoms with Gasteiger partial charge < -0.3 is 5.73 Å². The maximum absolute atomic E-state index is 13.5. The van der Waals surface area contributed by atoms with E-state index >= 15 is 0 Å². The predicted octanol–water partition coefficient (Wildman–Crippen LogP) is 3.55. The third-order valence-corrected chi connectivity index (χ3v) is 2.77. The van der Waals surface area contributed by atoms with Crippen LogP contribution in [0.5, 0.6) is 0 Å². The summed E-state index contributed by atoms with van der Waals surface area (Å²) in [4.78, 5) is 3.81. The summed E-state index contributed by atoms with van der Waals surface area (Å²) in [7, 11) is 0. The maximum Gasteiger partial charge on any atom is 0.416 e. The van der Waals surface area contributed by atoms with Crippen molar-refractivity contribution in [3.05, 3.63) is 35.0 Å². The monoisotopic (exact) mass is 262 g/mol. The lowest BCUT2D eigenvalue weighted by atomic mass is 10.1. The Morgan fingerprint density at radius 1 is 1.24 bits per heavy atom. The number of benzene rings is 1. The molecular formula is C10H6F4N2S. The van der Waals surface area contributed by atoms with Crippen LogP contribution in [0.2, 0.25) is 0 Å². The van der Waals surface area contributed by atoms with Crippen molar-refractivity contribution in [1.82, 2.24) is 4.98 Å². The van der Waals surface area contributed by atoms with Crippen molar-refractivity contribution in [3.63, 3.8) is 0 Å². The molecule has 0 amide bonds. The molecule has 0 saturated heterocycles. The van der Waals surface area contributed by atoms with E-state index < -0.39 is 17.6 Å². The van der Waals surface area contributed by atoms with Crippen molar-refractivity contribution < 1.29 is 17.6 Å². The topological polar surface area (TPSA) is 38.9 Å².